The summed E-state index contributed by atoms with van der Waals surface area (Å²) in [7, 11) is 1.65. The van der Waals surface area contributed by atoms with E-state index in [4.69, 9.17) is 4.98 Å². The van der Waals surface area contributed by atoms with Crippen molar-refractivity contribution in [3.63, 3.8) is 0 Å². The molecule has 0 spiro atoms. The van der Waals surface area contributed by atoms with E-state index < -0.39 is 5.69 Å². The first-order chi connectivity index (χ1) is 13.9. The summed E-state index contributed by atoms with van der Waals surface area (Å²) in [6.45, 7) is 6.69. The number of rotatable bonds is 6. The summed E-state index contributed by atoms with van der Waals surface area (Å²) in [4.78, 5) is 34.0. The molecule has 0 aromatic carbocycles. The van der Waals surface area contributed by atoms with E-state index in [1.54, 1.807) is 30.1 Å². The molecule has 11 heteroatoms. The Labute approximate surface area is 176 Å². The molecule has 0 bridgehead atoms. The van der Waals surface area contributed by atoms with Crippen LogP contribution in [0.4, 0.5) is 5.95 Å². The average molecular weight is 436 g/mol. The highest BCUT2D eigenvalue weighted by molar-refractivity contribution is 8.01. The highest BCUT2D eigenvalue weighted by atomic mass is 32.2. The van der Waals surface area contributed by atoms with Crippen molar-refractivity contribution in [3.05, 3.63) is 25.8 Å². The van der Waals surface area contributed by atoms with Gasteiger partial charge in [0.05, 0.1) is 0 Å². The van der Waals surface area contributed by atoms with E-state index in [1.165, 1.54) is 4.57 Å². The third kappa shape index (κ3) is 4.11. The summed E-state index contributed by atoms with van der Waals surface area (Å²) in [6.07, 6.45) is 3.06. The summed E-state index contributed by atoms with van der Waals surface area (Å²) < 4.78 is 4.36. The topological polar surface area (TPSA) is 102 Å². The van der Waals surface area contributed by atoms with E-state index in [0.29, 0.717) is 23.6 Å². The quantitative estimate of drug-likeness (QED) is 0.467. The van der Waals surface area contributed by atoms with Gasteiger partial charge in [-0.3, -0.25) is 14.3 Å². The molecule has 0 amide bonds. The molecule has 4 heterocycles. The van der Waals surface area contributed by atoms with Crippen LogP contribution in [0.3, 0.4) is 0 Å². The van der Waals surface area contributed by atoms with Gasteiger partial charge in [0.2, 0.25) is 5.95 Å². The lowest BCUT2D eigenvalue weighted by molar-refractivity contribution is 0.431. The molecule has 1 saturated heterocycles. The fourth-order valence-electron chi connectivity index (χ4n) is 3.60. The van der Waals surface area contributed by atoms with Crippen molar-refractivity contribution < 1.29 is 0 Å². The molecular weight excluding hydrogens is 410 g/mol. The van der Waals surface area contributed by atoms with Crippen LogP contribution in [0.5, 0.6) is 0 Å². The number of hydrogen-bond acceptors (Lipinski definition) is 8. The molecule has 0 saturated carbocycles. The predicted octanol–water partition coefficient (Wildman–Crippen LogP) is 2.00. The lowest BCUT2D eigenvalue weighted by Gasteiger charge is -2.31. The maximum absolute atomic E-state index is 12.6. The van der Waals surface area contributed by atoms with Gasteiger partial charge in [0.1, 0.15) is 5.01 Å². The van der Waals surface area contributed by atoms with Gasteiger partial charge >= 0.3 is 5.69 Å². The van der Waals surface area contributed by atoms with Crippen molar-refractivity contribution >= 4 is 40.2 Å². The van der Waals surface area contributed by atoms with Crippen LogP contribution in [0.25, 0.3) is 11.2 Å². The number of hydrogen-bond donors (Lipinski definition) is 1. The second-order valence-electron chi connectivity index (χ2n) is 7.51. The molecule has 156 valence electrons. The Morgan fingerprint density at radius 3 is 2.69 bits per heavy atom. The molecular formula is C18H25N7O2S2. The van der Waals surface area contributed by atoms with Gasteiger partial charge in [-0.2, -0.15) is 4.98 Å². The Hall–Kier alpha value is -2.14. The number of imidazole rings is 1. The minimum atomic E-state index is -0.437. The number of H-pyrrole nitrogens is 1. The van der Waals surface area contributed by atoms with Crippen molar-refractivity contribution in [3.8, 4) is 0 Å². The highest BCUT2D eigenvalue weighted by Gasteiger charge is 2.24. The zero-order valence-corrected chi connectivity index (χ0v) is 18.5. The first-order valence-corrected chi connectivity index (χ1v) is 11.6. The van der Waals surface area contributed by atoms with Crippen molar-refractivity contribution in [1.29, 1.82) is 0 Å². The summed E-state index contributed by atoms with van der Waals surface area (Å²) in [6, 6.07) is 0. The minimum Gasteiger partial charge on any atom is -0.342 e. The smallest absolute Gasteiger partial charge is 0.329 e. The number of thioether (sulfide) groups is 1. The van der Waals surface area contributed by atoms with Gasteiger partial charge in [0.25, 0.3) is 5.56 Å². The van der Waals surface area contributed by atoms with Crippen LogP contribution in [0, 0.1) is 12.8 Å². The third-order valence-corrected chi connectivity index (χ3v) is 7.37. The molecule has 3 aromatic rings. The van der Waals surface area contributed by atoms with Crippen LogP contribution in [-0.2, 0) is 13.6 Å². The van der Waals surface area contributed by atoms with Crippen LogP contribution in [-0.4, -0.2) is 48.1 Å². The molecule has 9 nitrogen and oxygen atoms in total. The van der Waals surface area contributed by atoms with Crippen LogP contribution in [0.15, 0.2) is 13.9 Å². The van der Waals surface area contributed by atoms with Crippen molar-refractivity contribution in [1.82, 2.24) is 29.3 Å². The molecule has 0 aliphatic carbocycles. The van der Waals surface area contributed by atoms with Crippen molar-refractivity contribution in [2.45, 2.75) is 44.0 Å². The molecule has 1 fully saturated rings. The van der Waals surface area contributed by atoms with Crippen LogP contribution < -0.4 is 16.1 Å². The van der Waals surface area contributed by atoms with Gasteiger partial charge in [-0.15, -0.1) is 10.2 Å². The second kappa shape index (κ2) is 8.31. The van der Waals surface area contributed by atoms with Crippen molar-refractivity contribution in [2.75, 3.05) is 23.7 Å². The maximum atomic E-state index is 12.6. The Balaban J connectivity index is 1.62. The first kappa shape index (κ1) is 20.1. The number of aromatic amines is 1. The highest BCUT2D eigenvalue weighted by Crippen LogP contribution is 2.27. The van der Waals surface area contributed by atoms with E-state index in [9.17, 15) is 9.59 Å². The molecule has 0 atom stereocenters. The minimum absolute atomic E-state index is 0.375. The lowest BCUT2D eigenvalue weighted by Crippen LogP contribution is -2.35. The zero-order valence-electron chi connectivity index (χ0n) is 16.8. The summed E-state index contributed by atoms with van der Waals surface area (Å²) in [5, 5.41) is 9.15. The molecule has 3 aromatic heterocycles. The van der Waals surface area contributed by atoms with Crippen LogP contribution >= 0.6 is 23.1 Å². The Kier molecular flexibility index (Phi) is 5.77. The Bertz CT molecular complexity index is 1120. The third-order valence-electron chi connectivity index (χ3n) is 5.31. The average Bonchev–Trinajstić information content (AvgIpc) is 3.28. The van der Waals surface area contributed by atoms with E-state index >= 15 is 0 Å². The standard InChI is InChI=1S/C18H25N7O2S2/c1-11-5-8-24(9-6-11)16-19-14-13(15(26)20-17(27)23(14)3)25(16)7-4-10-28-18-22-21-12(2)29-18/h11H,4-10H2,1-3H3,(H,20,26,27). The fraction of sp³-hybridized carbons (Fsp3) is 0.611. The van der Waals surface area contributed by atoms with Gasteiger partial charge in [-0.1, -0.05) is 30.0 Å². The molecule has 0 radical (unpaired) electrons. The molecule has 0 unspecified atom stereocenters. The SMILES string of the molecule is Cc1nnc(SCCCn2c(N3CCC(C)CC3)nc3c2c(=O)[nH]c(=O)n3C)s1. The fourth-order valence-corrected chi connectivity index (χ4v) is 5.41. The van der Waals surface area contributed by atoms with Gasteiger partial charge < -0.3 is 9.47 Å². The number of nitrogens with one attached hydrogen (secondary N) is 1. The Morgan fingerprint density at radius 2 is 2.00 bits per heavy atom. The normalized spacial score (nSPS) is 15.5. The maximum Gasteiger partial charge on any atom is 0.329 e. The summed E-state index contributed by atoms with van der Waals surface area (Å²) in [5.41, 5.74) is 0.102. The largest absolute Gasteiger partial charge is 0.342 e. The Morgan fingerprint density at radius 1 is 1.24 bits per heavy atom. The number of anilines is 1. The summed E-state index contributed by atoms with van der Waals surface area (Å²) >= 11 is 3.27. The van der Waals surface area contributed by atoms with Gasteiger partial charge in [0, 0.05) is 32.4 Å². The summed E-state index contributed by atoms with van der Waals surface area (Å²) in [5.74, 6) is 2.35. The van der Waals surface area contributed by atoms with Crippen LogP contribution in [0.1, 0.15) is 31.2 Å². The predicted molar refractivity (Wildman–Crippen MR) is 116 cm³/mol. The zero-order chi connectivity index (χ0) is 20.5. The second-order valence-corrected chi connectivity index (χ2v) is 10.0. The molecule has 1 aliphatic rings. The molecule has 1 aliphatic heterocycles. The van der Waals surface area contributed by atoms with E-state index in [1.807, 2.05) is 11.5 Å². The van der Waals surface area contributed by atoms with Gasteiger partial charge in [0.15, 0.2) is 15.5 Å². The van der Waals surface area contributed by atoms with E-state index in [0.717, 1.165) is 53.4 Å². The van der Waals surface area contributed by atoms with E-state index in [-0.39, 0.29) is 5.56 Å². The number of aromatic nitrogens is 6. The number of piperidine rings is 1. The number of aryl methyl sites for hydroxylation is 3. The molecule has 4 rings (SSSR count). The van der Waals surface area contributed by atoms with Crippen molar-refractivity contribution in [2.24, 2.45) is 13.0 Å². The lowest BCUT2D eigenvalue weighted by atomic mass is 10.00. The van der Waals surface area contributed by atoms with Gasteiger partial charge in [-0.05, 0) is 32.1 Å². The van der Waals surface area contributed by atoms with Gasteiger partial charge in [-0.25, -0.2) is 4.79 Å². The molecule has 1 N–H and O–H groups in total. The first-order valence-electron chi connectivity index (χ1n) is 9.81. The monoisotopic (exact) mass is 435 g/mol. The van der Waals surface area contributed by atoms with Crippen LogP contribution in [0.2, 0.25) is 0 Å². The number of nitrogens with zero attached hydrogens (tertiary/aromatic N) is 6. The molecule has 29 heavy (non-hydrogen) atoms. The number of fused-ring (bicyclic) bond motifs is 1. The van der Waals surface area contributed by atoms with E-state index in [2.05, 4.69) is 27.0 Å².